The van der Waals surface area contributed by atoms with Gasteiger partial charge in [0.05, 0.1) is 27.2 Å². The van der Waals surface area contributed by atoms with Gasteiger partial charge in [-0.2, -0.15) is 0 Å². The molecule has 0 unspecified atom stereocenters. The quantitative estimate of drug-likeness (QED) is 0.217. The molecule has 0 spiro atoms. The highest BCUT2D eigenvalue weighted by molar-refractivity contribution is 4.49. The summed E-state index contributed by atoms with van der Waals surface area (Å²) in [6.07, 6.45) is 18.8. The summed E-state index contributed by atoms with van der Waals surface area (Å²) in [4.78, 5) is 0. The van der Waals surface area contributed by atoms with Crippen LogP contribution in [0.3, 0.4) is 0 Å². The van der Waals surface area contributed by atoms with E-state index in [1.54, 1.807) is 0 Å². The Hall–Kier alpha value is -0.0400. The first kappa shape index (κ1) is 22.0. The molecule has 1 heteroatoms. The zero-order chi connectivity index (χ0) is 16.7. The van der Waals surface area contributed by atoms with Crippen LogP contribution in [0, 0.1) is 5.92 Å². The van der Waals surface area contributed by atoms with Crippen molar-refractivity contribution in [2.45, 2.75) is 104 Å². The lowest BCUT2D eigenvalue weighted by atomic mass is 10.0. The Labute approximate surface area is 142 Å². The SMILES string of the molecule is CCCCCCCCCCCCCC[N+](C)(C)CCC(C)C. The van der Waals surface area contributed by atoms with E-state index in [1.165, 1.54) is 101 Å². The summed E-state index contributed by atoms with van der Waals surface area (Å²) in [5.41, 5.74) is 0. The molecule has 0 aliphatic rings. The molecule has 0 saturated heterocycles. The van der Waals surface area contributed by atoms with Crippen LogP contribution in [0.4, 0.5) is 0 Å². The van der Waals surface area contributed by atoms with Crippen LogP contribution in [0.5, 0.6) is 0 Å². The number of rotatable bonds is 16. The lowest BCUT2D eigenvalue weighted by molar-refractivity contribution is -0.891. The van der Waals surface area contributed by atoms with Gasteiger partial charge in [0.25, 0.3) is 0 Å². The lowest BCUT2D eigenvalue weighted by Gasteiger charge is -2.30. The van der Waals surface area contributed by atoms with Crippen LogP contribution in [0.25, 0.3) is 0 Å². The monoisotopic (exact) mass is 312 g/mol. The van der Waals surface area contributed by atoms with Crippen LogP contribution in [0.1, 0.15) is 104 Å². The van der Waals surface area contributed by atoms with E-state index in [9.17, 15) is 0 Å². The first-order valence-corrected chi connectivity index (χ1v) is 10.3. The van der Waals surface area contributed by atoms with Crippen molar-refractivity contribution >= 4 is 0 Å². The van der Waals surface area contributed by atoms with Crippen LogP contribution in [0.2, 0.25) is 0 Å². The minimum Gasteiger partial charge on any atom is -0.328 e. The molecule has 0 aromatic carbocycles. The topological polar surface area (TPSA) is 0 Å². The first-order valence-electron chi connectivity index (χ1n) is 10.3. The zero-order valence-corrected chi connectivity index (χ0v) is 16.6. The molecule has 0 saturated carbocycles. The highest BCUT2D eigenvalue weighted by atomic mass is 15.3. The third-order valence-electron chi connectivity index (χ3n) is 4.93. The maximum Gasteiger partial charge on any atom is 0.0784 e. The lowest BCUT2D eigenvalue weighted by Crippen LogP contribution is -2.41. The number of hydrogen-bond acceptors (Lipinski definition) is 0. The molecule has 22 heavy (non-hydrogen) atoms. The van der Waals surface area contributed by atoms with Gasteiger partial charge in [-0.3, -0.25) is 0 Å². The van der Waals surface area contributed by atoms with Crippen LogP contribution >= 0.6 is 0 Å². The molecular weight excluding hydrogens is 266 g/mol. The van der Waals surface area contributed by atoms with Crippen molar-refractivity contribution in [3.05, 3.63) is 0 Å². The van der Waals surface area contributed by atoms with Crippen molar-refractivity contribution in [2.75, 3.05) is 27.2 Å². The third-order valence-corrected chi connectivity index (χ3v) is 4.93. The van der Waals surface area contributed by atoms with Crippen molar-refractivity contribution in [1.82, 2.24) is 0 Å². The molecule has 134 valence electrons. The summed E-state index contributed by atoms with van der Waals surface area (Å²) >= 11 is 0. The van der Waals surface area contributed by atoms with E-state index >= 15 is 0 Å². The Bertz CT molecular complexity index is 220. The summed E-state index contributed by atoms with van der Waals surface area (Å²) in [5.74, 6) is 0.847. The van der Waals surface area contributed by atoms with Gasteiger partial charge < -0.3 is 4.48 Å². The Balaban J connectivity index is 3.25. The summed E-state index contributed by atoms with van der Waals surface area (Å²) in [6.45, 7) is 9.68. The number of hydrogen-bond donors (Lipinski definition) is 0. The fourth-order valence-corrected chi connectivity index (χ4v) is 3.10. The third kappa shape index (κ3) is 16.3. The fraction of sp³-hybridized carbons (Fsp3) is 1.00. The van der Waals surface area contributed by atoms with Crippen LogP contribution < -0.4 is 0 Å². The highest BCUT2D eigenvalue weighted by Gasteiger charge is 2.14. The predicted molar refractivity (Wildman–Crippen MR) is 102 cm³/mol. The van der Waals surface area contributed by atoms with Crippen molar-refractivity contribution in [1.29, 1.82) is 0 Å². The maximum absolute atomic E-state index is 2.40. The second-order valence-corrected chi connectivity index (χ2v) is 8.45. The number of quaternary nitrogens is 1. The summed E-state index contributed by atoms with van der Waals surface area (Å²) in [7, 11) is 4.81. The van der Waals surface area contributed by atoms with Gasteiger partial charge in [-0.25, -0.2) is 0 Å². The zero-order valence-electron chi connectivity index (χ0n) is 16.6. The van der Waals surface area contributed by atoms with E-state index < -0.39 is 0 Å². The van der Waals surface area contributed by atoms with Crippen molar-refractivity contribution in [2.24, 2.45) is 5.92 Å². The second-order valence-electron chi connectivity index (χ2n) is 8.45. The van der Waals surface area contributed by atoms with Crippen LogP contribution in [-0.4, -0.2) is 31.7 Å². The van der Waals surface area contributed by atoms with Crippen molar-refractivity contribution in [3.63, 3.8) is 0 Å². The summed E-state index contributed by atoms with van der Waals surface area (Å²) < 4.78 is 1.22. The normalized spacial score (nSPS) is 12.3. The Morgan fingerprint density at radius 3 is 1.41 bits per heavy atom. The van der Waals surface area contributed by atoms with Gasteiger partial charge in [0.1, 0.15) is 0 Å². The maximum atomic E-state index is 2.40. The van der Waals surface area contributed by atoms with Gasteiger partial charge in [-0.1, -0.05) is 85.0 Å². The second kappa shape index (κ2) is 14.5. The van der Waals surface area contributed by atoms with Crippen molar-refractivity contribution < 1.29 is 4.48 Å². The minimum atomic E-state index is 0.847. The Morgan fingerprint density at radius 1 is 0.591 bits per heavy atom. The highest BCUT2D eigenvalue weighted by Crippen LogP contribution is 2.13. The molecule has 1 nitrogen and oxygen atoms in total. The molecule has 0 bridgehead atoms. The van der Waals surface area contributed by atoms with E-state index in [0.29, 0.717) is 0 Å². The van der Waals surface area contributed by atoms with Gasteiger partial charge in [-0.05, 0) is 25.2 Å². The molecule has 0 aromatic heterocycles. The van der Waals surface area contributed by atoms with E-state index in [1.807, 2.05) is 0 Å². The Morgan fingerprint density at radius 2 is 1.00 bits per heavy atom. The molecule has 0 amide bonds. The predicted octanol–water partition coefficient (Wildman–Crippen LogP) is 6.81. The molecule has 0 radical (unpaired) electrons. The summed E-state index contributed by atoms with van der Waals surface area (Å²) in [6, 6.07) is 0. The van der Waals surface area contributed by atoms with Gasteiger partial charge in [-0.15, -0.1) is 0 Å². The first-order chi connectivity index (χ1) is 10.5. The average molecular weight is 313 g/mol. The van der Waals surface area contributed by atoms with E-state index in [0.717, 1.165) is 5.92 Å². The van der Waals surface area contributed by atoms with Gasteiger partial charge >= 0.3 is 0 Å². The number of unbranched alkanes of at least 4 members (excludes halogenated alkanes) is 11. The van der Waals surface area contributed by atoms with Gasteiger partial charge in [0.15, 0.2) is 0 Å². The number of nitrogens with zero attached hydrogens (tertiary/aromatic N) is 1. The van der Waals surface area contributed by atoms with Crippen molar-refractivity contribution in [3.8, 4) is 0 Å². The van der Waals surface area contributed by atoms with E-state index in [4.69, 9.17) is 0 Å². The molecule has 0 atom stereocenters. The molecule has 0 aliphatic carbocycles. The standard InChI is InChI=1S/C21H46N/c1-6-7-8-9-10-11-12-13-14-15-16-17-19-22(4,5)20-18-21(2)3/h21H,6-20H2,1-5H3/q+1. The van der Waals surface area contributed by atoms with Crippen LogP contribution in [-0.2, 0) is 0 Å². The Kier molecular flexibility index (Phi) is 14.5. The molecular formula is C21H46N+. The van der Waals surface area contributed by atoms with Crippen LogP contribution in [0.15, 0.2) is 0 Å². The fourth-order valence-electron chi connectivity index (χ4n) is 3.10. The molecule has 0 fully saturated rings. The largest absolute Gasteiger partial charge is 0.328 e. The molecule has 0 N–H and O–H groups in total. The molecule has 0 aromatic rings. The van der Waals surface area contributed by atoms with Gasteiger partial charge in [0, 0.05) is 0 Å². The molecule has 0 rings (SSSR count). The smallest absolute Gasteiger partial charge is 0.0784 e. The summed E-state index contributed by atoms with van der Waals surface area (Å²) in [5, 5.41) is 0. The van der Waals surface area contributed by atoms with E-state index in [2.05, 4.69) is 34.9 Å². The molecule has 0 aliphatic heterocycles. The minimum absolute atomic E-state index is 0.847. The average Bonchev–Trinajstić information content (AvgIpc) is 2.46. The molecule has 0 heterocycles. The van der Waals surface area contributed by atoms with Gasteiger partial charge in [0.2, 0.25) is 0 Å². The van der Waals surface area contributed by atoms with E-state index in [-0.39, 0.29) is 0 Å².